The molecule has 18 heavy (non-hydrogen) atoms. The van der Waals surface area contributed by atoms with Crippen molar-refractivity contribution in [1.29, 1.82) is 0 Å². The first-order valence-electron chi connectivity index (χ1n) is 4.65. The van der Waals surface area contributed by atoms with Crippen molar-refractivity contribution in [3.05, 3.63) is 40.6 Å². The van der Waals surface area contributed by atoms with Gasteiger partial charge in [-0.3, -0.25) is 0 Å². The first-order chi connectivity index (χ1) is 8.37. The van der Waals surface area contributed by atoms with Gasteiger partial charge in [0.2, 0.25) is 0 Å². The van der Waals surface area contributed by atoms with Crippen molar-refractivity contribution in [3.63, 3.8) is 0 Å². The van der Waals surface area contributed by atoms with E-state index < -0.39 is 12.1 Å². The molecule has 0 aliphatic rings. The van der Waals surface area contributed by atoms with Crippen LogP contribution in [-0.2, 0) is 0 Å². The molecule has 0 radical (unpaired) electrons. The van der Waals surface area contributed by atoms with Crippen LogP contribution in [0.25, 0.3) is 11.3 Å². The maximum Gasteiger partial charge on any atom is 0.573 e. The van der Waals surface area contributed by atoms with E-state index in [-0.39, 0.29) is 10.0 Å². The Morgan fingerprint density at radius 1 is 1.17 bits per heavy atom. The van der Waals surface area contributed by atoms with Gasteiger partial charge in [0.1, 0.15) is 16.5 Å². The summed E-state index contributed by atoms with van der Waals surface area (Å²) in [5, 5.41) is -0.353. The molecule has 0 unspecified atom stereocenters. The van der Waals surface area contributed by atoms with E-state index >= 15 is 0 Å². The molecule has 96 valence electrons. The van der Waals surface area contributed by atoms with Gasteiger partial charge in [0.05, 0.1) is 11.3 Å². The van der Waals surface area contributed by atoms with Gasteiger partial charge in [-0.2, -0.15) is 0 Å². The Morgan fingerprint density at radius 3 is 2.44 bits per heavy atom. The van der Waals surface area contributed by atoms with Crippen LogP contribution in [-0.4, -0.2) is 6.36 Å². The average Bonchev–Trinajstić information content (AvgIpc) is 2.75. The normalized spacial score (nSPS) is 11.6. The zero-order valence-corrected chi connectivity index (χ0v) is 10.1. The Balaban J connectivity index is 2.47. The van der Waals surface area contributed by atoms with Gasteiger partial charge in [0, 0.05) is 5.56 Å². The molecule has 2 nitrogen and oxygen atoms in total. The third-order valence-corrected chi connectivity index (χ3v) is 2.81. The number of alkyl halides is 3. The van der Waals surface area contributed by atoms with Gasteiger partial charge in [-0.25, -0.2) is 0 Å². The number of ether oxygens (including phenoxy) is 1. The average molecular weight is 297 g/mol. The third-order valence-electron chi connectivity index (χ3n) is 2.03. The molecular formula is C11H5Cl2F3O2. The molecule has 0 spiro atoms. The van der Waals surface area contributed by atoms with E-state index in [0.717, 1.165) is 6.07 Å². The van der Waals surface area contributed by atoms with Gasteiger partial charge in [-0.05, 0) is 24.3 Å². The zero-order valence-electron chi connectivity index (χ0n) is 8.59. The maximum absolute atomic E-state index is 12.2. The summed E-state index contributed by atoms with van der Waals surface area (Å²) < 4.78 is 45.4. The van der Waals surface area contributed by atoms with E-state index in [1.807, 2.05) is 0 Å². The standard InChI is InChI=1S/C11H5Cl2F3O2/c12-7-4-6(8-2-1-3-17-8)5-9(10(7)13)18-11(14,15)16/h1-5H. The van der Waals surface area contributed by atoms with E-state index in [1.165, 1.54) is 12.3 Å². The minimum absolute atomic E-state index is 0.0511. The number of hydrogen-bond donors (Lipinski definition) is 0. The quantitative estimate of drug-likeness (QED) is 0.764. The van der Waals surface area contributed by atoms with Gasteiger partial charge in [-0.15, -0.1) is 13.2 Å². The van der Waals surface area contributed by atoms with E-state index in [9.17, 15) is 13.2 Å². The fourth-order valence-electron chi connectivity index (χ4n) is 1.35. The predicted molar refractivity (Wildman–Crippen MR) is 60.8 cm³/mol. The molecule has 0 fully saturated rings. The zero-order chi connectivity index (χ0) is 13.3. The summed E-state index contributed by atoms with van der Waals surface area (Å²) in [4.78, 5) is 0. The van der Waals surface area contributed by atoms with Crippen LogP contribution in [0, 0.1) is 0 Å². The SMILES string of the molecule is FC(F)(F)Oc1cc(-c2ccco2)cc(Cl)c1Cl. The molecular weight excluding hydrogens is 292 g/mol. The first-order valence-corrected chi connectivity index (χ1v) is 5.41. The molecule has 0 aliphatic heterocycles. The predicted octanol–water partition coefficient (Wildman–Crippen LogP) is 5.15. The van der Waals surface area contributed by atoms with Gasteiger partial charge < -0.3 is 9.15 Å². The molecule has 0 amide bonds. The highest BCUT2D eigenvalue weighted by atomic mass is 35.5. The summed E-state index contributed by atoms with van der Waals surface area (Å²) in [5.41, 5.74) is 0.341. The van der Waals surface area contributed by atoms with Crippen LogP contribution in [0.2, 0.25) is 10.0 Å². The largest absolute Gasteiger partial charge is 0.573 e. The number of rotatable bonds is 2. The molecule has 0 saturated carbocycles. The summed E-state index contributed by atoms with van der Waals surface area (Å²) in [7, 11) is 0. The highest BCUT2D eigenvalue weighted by Gasteiger charge is 2.32. The number of halogens is 5. The molecule has 1 aromatic heterocycles. The van der Waals surface area contributed by atoms with Crippen molar-refractivity contribution in [2.45, 2.75) is 6.36 Å². The van der Waals surface area contributed by atoms with Crippen molar-refractivity contribution < 1.29 is 22.3 Å². The smallest absolute Gasteiger partial charge is 0.464 e. The maximum atomic E-state index is 12.2. The first kappa shape index (κ1) is 13.1. The van der Waals surface area contributed by atoms with Crippen molar-refractivity contribution in [2.24, 2.45) is 0 Å². The van der Waals surface area contributed by atoms with Crippen LogP contribution in [0.5, 0.6) is 5.75 Å². The second-order valence-corrected chi connectivity index (χ2v) is 4.08. The second-order valence-electron chi connectivity index (χ2n) is 3.30. The Morgan fingerprint density at radius 2 is 1.89 bits per heavy atom. The van der Waals surface area contributed by atoms with Crippen molar-refractivity contribution in [3.8, 4) is 17.1 Å². The van der Waals surface area contributed by atoms with Crippen LogP contribution in [0.15, 0.2) is 34.9 Å². The molecule has 0 saturated heterocycles. The lowest BCUT2D eigenvalue weighted by molar-refractivity contribution is -0.274. The Bertz CT molecular complexity index is 550. The highest BCUT2D eigenvalue weighted by Crippen LogP contribution is 2.39. The van der Waals surface area contributed by atoms with Gasteiger partial charge in [0.25, 0.3) is 0 Å². The molecule has 2 rings (SSSR count). The van der Waals surface area contributed by atoms with E-state index in [0.29, 0.717) is 11.3 Å². The highest BCUT2D eigenvalue weighted by molar-refractivity contribution is 6.43. The fourth-order valence-corrected chi connectivity index (χ4v) is 1.71. The van der Waals surface area contributed by atoms with Crippen molar-refractivity contribution >= 4 is 23.2 Å². The summed E-state index contributed by atoms with van der Waals surface area (Å²) >= 11 is 11.4. The summed E-state index contributed by atoms with van der Waals surface area (Å²) in [6.45, 7) is 0. The second kappa shape index (κ2) is 4.74. The summed E-state index contributed by atoms with van der Waals surface area (Å²) in [6, 6.07) is 5.69. The van der Waals surface area contributed by atoms with Gasteiger partial charge >= 0.3 is 6.36 Å². The molecule has 0 N–H and O–H groups in total. The van der Waals surface area contributed by atoms with Gasteiger partial charge in [-0.1, -0.05) is 23.2 Å². The van der Waals surface area contributed by atoms with Crippen LogP contribution < -0.4 is 4.74 Å². The van der Waals surface area contributed by atoms with E-state index in [2.05, 4.69) is 4.74 Å². The Hall–Kier alpha value is -1.33. The van der Waals surface area contributed by atoms with E-state index in [4.69, 9.17) is 27.6 Å². The third kappa shape index (κ3) is 2.91. The van der Waals surface area contributed by atoms with Crippen LogP contribution >= 0.6 is 23.2 Å². The molecule has 0 bridgehead atoms. The Kier molecular flexibility index (Phi) is 3.45. The monoisotopic (exact) mass is 296 g/mol. The summed E-state index contributed by atoms with van der Waals surface area (Å²) in [6.07, 6.45) is -3.45. The number of benzene rings is 1. The van der Waals surface area contributed by atoms with Gasteiger partial charge in [0.15, 0.2) is 0 Å². The van der Waals surface area contributed by atoms with Crippen LogP contribution in [0.4, 0.5) is 13.2 Å². The lowest BCUT2D eigenvalue weighted by Crippen LogP contribution is -2.17. The molecule has 1 heterocycles. The van der Waals surface area contributed by atoms with Crippen molar-refractivity contribution in [2.75, 3.05) is 0 Å². The Labute approximate surface area is 110 Å². The van der Waals surface area contributed by atoms with E-state index in [1.54, 1.807) is 12.1 Å². The van der Waals surface area contributed by atoms with Crippen LogP contribution in [0.1, 0.15) is 0 Å². The molecule has 7 heteroatoms. The number of hydrogen-bond acceptors (Lipinski definition) is 2. The topological polar surface area (TPSA) is 22.4 Å². The molecule has 1 aromatic carbocycles. The number of furan rings is 1. The minimum Gasteiger partial charge on any atom is -0.464 e. The van der Waals surface area contributed by atoms with Crippen LogP contribution in [0.3, 0.4) is 0 Å². The molecule has 0 aliphatic carbocycles. The lowest BCUT2D eigenvalue weighted by atomic mass is 10.1. The minimum atomic E-state index is -4.84. The molecule has 0 atom stereocenters. The summed E-state index contributed by atoms with van der Waals surface area (Å²) in [5.74, 6) is -0.205. The molecule has 2 aromatic rings. The van der Waals surface area contributed by atoms with Crippen molar-refractivity contribution in [1.82, 2.24) is 0 Å². The lowest BCUT2D eigenvalue weighted by Gasteiger charge is -2.12. The fraction of sp³-hybridized carbons (Fsp3) is 0.0909.